The summed E-state index contributed by atoms with van der Waals surface area (Å²) in [6.07, 6.45) is 42.6. The molecule has 1 fully saturated rings. The Morgan fingerprint density at radius 2 is 0.792 bits per heavy atom. The van der Waals surface area contributed by atoms with Crippen LogP contribution >= 0.6 is 0 Å². The van der Waals surface area contributed by atoms with E-state index >= 15 is 0 Å². The Bertz CT molecular complexity index is 610. The monoisotopic (exact) mass is 678 g/mol. The van der Waals surface area contributed by atoms with Gasteiger partial charge in [-0.05, 0) is 58.3 Å². The third-order valence-electron chi connectivity index (χ3n) is 11.2. The van der Waals surface area contributed by atoms with Crippen LogP contribution in [0.4, 0.5) is 0 Å². The summed E-state index contributed by atoms with van der Waals surface area (Å²) in [5, 5.41) is 11.1. The fourth-order valence-corrected chi connectivity index (χ4v) is 7.75. The number of unbranched alkanes of at least 4 members (excludes halogenated alkanes) is 24. The van der Waals surface area contributed by atoms with Crippen molar-refractivity contribution in [2.45, 2.75) is 226 Å². The highest BCUT2D eigenvalue weighted by Gasteiger charge is 2.17. The van der Waals surface area contributed by atoms with E-state index in [0.717, 1.165) is 26.1 Å². The Balaban J connectivity index is 2.50. The molecule has 1 rings (SSSR count). The predicted molar refractivity (Wildman–Crippen MR) is 215 cm³/mol. The lowest BCUT2D eigenvalue weighted by atomic mass is 10.1. The Morgan fingerprint density at radius 3 is 1.23 bits per heavy atom. The molecule has 0 bridgehead atoms. The second-order valence-electron chi connectivity index (χ2n) is 16.0. The molecule has 4 heteroatoms. The topological polar surface area (TPSA) is 30.0 Å². The third kappa shape index (κ3) is 30.6. The van der Waals surface area contributed by atoms with Crippen molar-refractivity contribution in [3.05, 3.63) is 0 Å². The van der Waals surface area contributed by atoms with Gasteiger partial charge >= 0.3 is 0 Å². The number of hydrogen-bond donors (Lipinski definition) is 1. The molecular weight excluding hydrogens is 587 g/mol. The average Bonchev–Trinajstić information content (AvgIpc) is 3.10. The van der Waals surface area contributed by atoms with E-state index in [1.807, 2.05) is 0 Å². The molecule has 288 valence electrons. The van der Waals surface area contributed by atoms with Crippen LogP contribution in [0.1, 0.15) is 220 Å². The largest absolute Gasteiger partial charge is 0.392 e. The molecule has 0 saturated carbocycles. The van der Waals surface area contributed by atoms with E-state index in [4.69, 9.17) is 0 Å². The first-order valence-corrected chi connectivity index (χ1v) is 22.5. The first-order valence-electron chi connectivity index (χ1n) is 22.5. The van der Waals surface area contributed by atoms with Crippen LogP contribution in [0.15, 0.2) is 0 Å². The molecule has 48 heavy (non-hydrogen) atoms. The van der Waals surface area contributed by atoms with Crippen molar-refractivity contribution in [3.63, 3.8) is 0 Å². The van der Waals surface area contributed by atoms with Crippen molar-refractivity contribution in [1.82, 2.24) is 14.7 Å². The highest BCUT2D eigenvalue weighted by Crippen LogP contribution is 2.15. The van der Waals surface area contributed by atoms with Gasteiger partial charge in [0, 0.05) is 32.7 Å². The molecule has 1 aliphatic heterocycles. The maximum absolute atomic E-state index is 11.1. The predicted octanol–water partition coefficient (Wildman–Crippen LogP) is 12.4. The molecule has 0 radical (unpaired) electrons. The van der Waals surface area contributed by atoms with Crippen LogP contribution < -0.4 is 0 Å². The van der Waals surface area contributed by atoms with Gasteiger partial charge in [-0.1, -0.05) is 188 Å². The van der Waals surface area contributed by atoms with E-state index in [2.05, 4.69) is 35.5 Å². The van der Waals surface area contributed by atoms with Crippen LogP contribution in [-0.2, 0) is 0 Å². The van der Waals surface area contributed by atoms with Gasteiger partial charge in [0.2, 0.25) is 0 Å². The fourth-order valence-electron chi connectivity index (χ4n) is 7.75. The van der Waals surface area contributed by atoms with Gasteiger partial charge in [-0.15, -0.1) is 0 Å². The number of likely N-dealkylation sites (tertiary alicyclic amines) is 1. The Kier molecular flexibility index (Phi) is 35.0. The maximum Gasteiger partial charge on any atom is 0.0667 e. The highest BCUT2D eigenvalue weighted by molar-refractivity contribution is 4.72. The summed E-state index contributed by atoms with van der Waals surface area (Å²) >= 11 is 0. The molecule has 0 aromatic heterocycles. The molecule has 1 N–H and O–H groups in total. The fraction of sp³-hybridized carbons (Fsp3) is 1.00. The number of aliphatic hydroxyl groups is 1. The summed E-state index contributed by atoms with van der Waals surface area (Å²) in [5.74, 6) is 0. The lowest BCUT2D eigenvalue weighted by Crippen LogP contribution is -2.44. The van der Waals surface area contributed by atoms with Gasteiger partial charge in [0.15, 0.2) is 0 Å². The summed E-state index contributed by atoms with van der Waals surface area (Å²) in [6.45, 7) is 17.5. The van der Waals surface area contributed by atoms with E-state index in [0.29, 0.717) is 0 Å². The van der Waals surface area contributed by atoms with Gasteiger partial charge < -0.3 is 14.9 Å². The van der Waals surface area contributed by atoms with Gasteiger partial charge in [0.1, 0.15) is 0 Å². The second kappa shape index (κ2) is 36.6. The number of aliphatic hydroxyl groups excluding tert-OH is 1. The standard InChI is InChI=1S/C44H91N3O/c1-4-7-10-13-16-19-20-21-24-27-31-36-45(35-30-26-23-18-15-12-9-6-3)39-41-47(42-40-46-37-32-28-33-38-46)43-44(48)34-29-25-22-17-14-11-8-5-2/h44,48H,4-43H2,1-3H3. The summed E-state index contributed by atoms with van der Waals surface area (Å²) in [6, 6.07) is 0. The zero-order valence-corrected chi connectivity index (χ0v) is 33.7. The lowest BCUT2D eigenvalue weighted by Gasteiger charge is -2.32. The molecule has 1 saturated heterocycles. The van der Waals surface area contributed by atoms with Crippen LogP contribution in [0.2, 0.25) is 0 Å². The quantitative estimate of drug-likeness (QED) is 0.0659. The minimum atomic E-state index is -0.167. The normalized spacial score (nSPS) is 14.9. The summed E-state index contributed by atoms with van der Waals surface area (Å²) in [4.78, 5) is 8.14. The Labute approximate surface area is 303 Å². The molecule has 0 aromatic rings. The zero-order valence-electron chi connectivity index (χ0n) is 33.7. The van der Waals surface area contributed by atoms with Crippen molar-refractivity contribution >= 4 is 0 Å². The van der Waals surface area contributed by atoms with Crippen molar-refractivity contribution in [3.8, 4) is 0 Å². The first-order chi connectivity index (χ1) is 23.7. The minimum absolute atomic E-state index is 0.167. The highest BCUT2D eigenvalue weighted by atomic mass is 16.3. The van der Waals surface area contributed by atoms with Crippen LogP contribution in [0.25, 0.3) is 0 Å². The molecule has 1 atom stereocenters. The molecule has 1 unspecified atom stereocenters. The number of hydrogen-bond acceptors (Lipinski definition) is 4. The lowest BCUT2D eigenvalue weighted by molar-refractivity contribution is 0.0854. The van der Waals surface area contributed by atoms with E-state index in [1.54, 1.807) is 0 Å². The van der Waals surface area contributed by atoms with Gasteiger partial charge in [0.25, 0.3) is 0 Å². The van der Waals surface area contributed by atoms with Crippen LogP contribution in [0.3, 0.4) is 0 Å². The summed E-state index contributed by atoms with van der Waals surface area (Å²) < 4.78 is 0. The molecule has 0 amide bonds. The SMILES string of the molecule is CCCCCCCCCCCCCN(CCCCCCCCCC)CCN(CCN1CCCCC1)CC(O)CCCCCCCCCC. The maximum atomic E-state index is 11.1. The molecule has 1 heterocycles. The smallest absolute Gasteiger partial charge is 0.0667 e. The van der Waals surface area contributed by atoms with Gasteiger partial charge in [-0.2, -0.15) is 0 Å². The summed E-state index contributed by atoms with van der Waals surface area (Å²) in [7, 11) is 0. The number of piperidine rings is 1. The van der Waals surface area contributed by atoms with Crippen molar-refractivity contribution in [2.75, 3.05) is 58.9 Å². The van der Waals surface area contributed by atoms with E-state index in [9.17, 15) is 5.11 Å². The molecule has 0 aromatic carbocycles. The molecule has 0 aliphatic carbocycles. The van der Waals surface area contributed by atoms with Crippen LogP contribution in [-0.4, -0.2) is 84.8 Å². The van der Waals surface area contributed by atoms with E-state index < -0.39 is 0 Å². The Hall–Kier alpha value is -0.160. The van der Waals surface area contributed by atoms with Crippen molar-refractivity contribution in [2.24, 2.45) is 0 Å². The third-order valence-corrected chi connectivity index (χ3v) is 11.2. The van der Waals surface area contributed by atoms with Gasteiger partial charge in [-0.3, -0.25) is 4.90 Å². The molecule has 1 aliphatic rings. The van der Waals surface area contributed by atoms with Crippen LogP contribution in [0, 0.1) is 0 Å². The van der Waals surface area contributed by atoms with Crippen molar-refractivity contribution in [1.29, 1.82) is 0 Å². The van der Waals surface area contributed by atoms with Gasteiger partial charge in [-0.25, -0.2) is 0 Å². The minimum Gasteiger partial charge on any atom is -0.392 e. The molecule has 4 nitrogen and oxygen atoms in total. The van der Waals surface area contributed by atoms with Crippen LogP contribution in [0.5, 0.6) is 0 Å². The zero-order chi connectivity index (χ0) is 34.6. The Morgan fingerprint density at radius 1 is 0.417 bits per heavy atom. The number of rotatable bonds is 38. The van der Waals surface area contributed by atoms with E-state index in [1.165, 1.54) is 232 Å². The second-order valence-corrected chi connectivity index (χ2v) is 16.0. The van der Waals surface area contributed by atoms with Gasteiger partial charge in [0.05, 0.1) is 6.10 Å². The molecule has 0 spiro atoms. The van der Waals surface area contributed by atoms with Crippen molar-refractivity contribution < 1.29 is 5.11 Å². The number of nitrogens with zero attached hydrogens (tertiary/aromatic N) is 3. The molecular formula is C44H91N3O. The summed E-state index contributed by atoms with van der Waals surface area (Å²) in [5.41, 5.74) is 0. The average molecular weight is 678 g/mol. The van der Waals surface area contributed by atoms with E-state index in [-0.39, 0.29) is 6.10 Å². The first kappa shape index (κ1) is 45.9.